The van der Waals surface area contributed by atoms with E-state index in [1.165, 1.54) is 37.1 Å². The zero-order valence-electron chi connectivity index (χ0n) is 14.7. The molecule has 0 atom stereocenters. The number of hydrogen-bond acceptors (Lipinski definition) is 5. The van der Waals surface area contributed by atoms with Crippen molar-refractivity contribution < 1.29 is 18.3 Å². The normalized spacial score (nSPS) is 18.1. The molecule has 140 valence electrons. The third kappa shape index (κ3) is 3.52. The Balaban J connectivity index is 1.79. The first-order valence-corrected chi connectivity index (χ1v) is 10.4. The van der Waals surface area contributed by atoms with Crippen molar-refractivity contribution in [3.63, 3.8) is 0 Å². The van der Waals surface area contributed by atoms with Crippen molar-refractivity contribution in [3.05, 3.63) is 59.9 Å². The topological polar surface area (TPSA) is 87.6 Å². The standard InChI is InChI=1S/C20H20N2O4S/c23-20(24)17-8-9-18(27(25,26)16-4-2-1-3-5-16)19(21-17)14-10-12-22(13-11-14)15-6-7-15/h1-5,8-10,15H,6-7,11-13H2,(H,23,24). The predicted molar refractivity (Wildman–Crippen MR) is 100 cm³/mol. The van der Waals surface area contributed by atoms with Crippen molar-refractivity contribution in [1.29, 1.82) is 0 Å². The van der Waals surface area contributed by atoms with E-state index in [0.717, 1.165) is 18.7 Å². The summed E-state index contributed by atoms with van der Waals surface area (Å²) in [4.78, 5) is 18.2. The minimum atomic E-state index is -3.79. The Labute approximate surface area is 158 Å². The van der Waals surface area contributed by atoms with Gasteiger partial charge < -0.3 is 5.11 Å². The molecule has 0 radical (unpaired) electrons. The van der Waals surface area contributed by atoms with E-state index in [0.29, 0.717) is 12.5 Å². The Morgan fingerprint density at radius 3 is 2.44 bits per heavy atom. The Hall–Kier alpha value is -2.51. The maximum Gasteiger partial charge on any atom is 0.354 e. The van der Waals surface area contributed by atoms with Gasteiger partial charge in [0.05, 0.1) is 15.5 Å². The van der Waals surface area contributed by atoms with Gasteiger partial charge >= 0.3 is 5.97 Å². The number of hydrogen-bond donors (Lipinski definition) is 1. The van der Waals surface area contributed by atoms with Crippen molar-refractivity contribution >= 4 is 21.4 Å². The van der Waals surface area contributed by atoms with E-state index in [9.17, 15) is 18.3 Å². The van der Waals surface area contributed by atoms with Crippen molar-refractivity contribution in [2.24, 2.45) is 0 Å². The fourth-order valence-corrected chi connectivity index (χ4v) is 4.86. The highest BCUT2D eigenvalue weighted by molar-refractivity contribution is 7.91. The molecule has 1 aliphatic heterocycles. The summed E-state index contributed by atoms with van der Waals surface area (Å²) in [5, 5.41) is 9.30. The Morgan fingerprint density at radius 1 is 1.11 bits per heavy atom. The van der Waals surface area contributed by atoms with Gasteiger partial charge in [0.1, 0.15) is 5.69 Å². The molecular weight excluding hydrogens is 364 g/mol. The van der Waals surface area contributed by atoms with Crippen molar-refractivity contribution in [2.45, 2.75) is 35.1 Å². The molecule has 0 saturated heterocycles. The van der Waals surface area contributed by atoms with Gasteiger partial charge in [-0.05, 0) is 49.1 Å². The van der Waals surface area contributed by atoms with E-state index in [1.54, 1.807) is 18.2 Å². The van der Waals surface area contributed by atoms with Gasteiger partial charge in [-0.2, -0.15) is 0 Å². The number of sulfone groups is 1. The number of carboxylic acids is 1. The zero-order valence-corrected chi connectivity index (χ0v) is 15.5. The van der Waals surface area contributed by atoms with E-state index in [1.807, 2.05) is 6.08 Å². The molecule has 1 aromatic heterocycles. The van der Waals surface area contributed by atoms with Crippen LogP contribution >= 0.6 is 0 Å². The van der Waals surface area contributed by atoms with Crippen LogP contribution in [0, 0.1) is 0 Å². The van der Waals surface area contributed by atoms with Crippen LogP contribution in [0.25, 0.3) is 5.57 Å². The summed E-state index contributed by atoms with van der Waals surface area (Å²) in [5.74, 6) is -1.17. The minimum Gasteiger partial charge on any atom is -0.477 e. The predicted octanol–water partition coefficient (Wildman–Crippen LogP) is 2.86. The molecule has 0 spiro atoms. The fourth-order valence-electron chi connectivity index (χ4n) is 3.41. The number of aromatic nitrogens is 1. The molecule has 1 aromatic carbocycles. The lowest BCUT2D eigenvalue weighted by Gasteiger charge is -2.26. The second kappa shape index (κ2) is 6.90. The highest BCUT2D eigenvalue weighted by Gasteiger charge is 2.31. The Kier molecular flexibility index (Phi) is 4.57. The molecule has 2 heterocycles. The summed E-state index contributed by atoms with van der Waals surface area (Å²) >= 11 is 0. The summed E-state index contributed by atoms with van der Waals surface area (Å²) in [6.07, 6.45) is 5.07. The average molecular weight is 384 g/mol. The van der Waals surface area contributed by atoms with Gasteiger partial charge in [-0.1, -0.05) is 24.3 Å². The lowest BCUT2D eigenvalue weighted by Crippen LogP contribution is -2.30. The average Bonchev–Trinajstić information content (AvgIpc) is 3.53. The van der Waals surface area contributed by atoms with Crippen LogP contribution in [-0.4, -0.2) is 48.5 Å². The van der Waals surface area contributed by atoms with Crippen LogP contribution in [0.5, 0.6) is 0 Å². The second-order valence-corrected chi connectivity index (χ2v) is 8.79. The summed E-state index contributed by atoms with van der Waals surface area (Å²) in [5.41, 5.74) is 0.904. The number of pyridine rings is 1. The molecule has 2 aromatic rings. The molecule has 2 aliphatic rings. The molecule has 4 rings (SSSR count). The van der Waals surface area contributed by atoms with Crippen LogP contribution in [-0.2, 0) is 9.84 Å². The molecule has 1 saturated carbocycles. The lowest BCUT2D eigenvalue weighted by molar-refractivity contribution is 0.0690. The summed E-state index contributed by atoms with van der Waals surface area (Å²) in [6.45, 7) is 1.57. The number of carbonyl (C=O) groups is 1. The lowest BCUT2D eigenvalue weighted by atomic mass is 10.0. The number of benzene rings is 1. The highest BCUT2D eigenvalue weighted by atomic mass is 32.2. The summed E-state index contributed by atoms with van der Waals surface area (Å²) < 4.78 is 26.3. The van der Waals surface area contributed by atoms with Crippen LogP contribution < -0.4 is 0 Å². The van der Waals surface area contributed by atoms with Crippen molar-refractivity contribution in [1.82, 2.24) is 9.88 Å². The first-order valence-electron chi connectivity index (χ1n) is 8.95. The third-order valence-electron chi connectivity index (χ3n) is 5.03. The van der Waals surface area contributed by atoms with E-state index in [2.05, 4.69) is 9.88 Å². The number of carboxylic acid groups (broad SMARTS) is 1. The molecule has 1 N–H and O–H groups in total. The summed E-state index contributed by atoms with van der Waals surface area (Å²) in [6, 6.07) is 11.4. The molecule has 0 unspecified atom stereocenters. The van der Waals surface area contributed by atoms with Crippen LogP contribution in [0.3, 0.4) is 0 Å². The molecule has 27 heavy (non-hydrogen) atoms. The monoisotopic (exact) mass is 384 g/mol. The third-order valence-corrected chi connectivity index (χ3v) is 6.83. The SMILES string of the molecule is O=C(O)c1ccc(S(=O)(=O)c2ccccc2)c(C2=CCN(C3CC3)CC2)n1. The zero-order chi connectivity index (χ0) is 19.0. The van der Waals surface area contributed by atoms with Crippen molar-refractivity contribution in [2.75, 3.05) is 13.1 Å². The highest BCUT2D eigenvalue weighted by Crippen LogP contribution is 2.34. The maximum atomic E-state index is 13.1. The molecule has 7 heteroatoms. The molecule has 0 amide bonds. The first kappa shape index (κ1) is 17.9. The number of rotatable bonds is 5. The number of aromatic carboxylic acids is 1. The van der Waals surface area contributed by atoms with Gasteiger partial charge in [0.25, 0.3) is 0 Å². The molecule has 1 aliphatic carbocycles. The van der Waals surface area contributed by atoms with Crippen LogP contribution in [0.2, 0.25) is 0 Å². The number of nitrogens with zero attached hydrogens (tertiary/aromatic N) is 2. The molecule has 6 nitrogen and oxygen atoms in total. The maximum absolute atomic E-state index is 13.1. The van der Waals surface area contributed by atoms with Gasteiger partial charge in [0.2, 0.25) is 9.84 Å². The van der Waals surface area contributed by atoms with E-state index in [4.69, 9.17) is 0 Å². The second-order valence-electron chi connectivity index (χ2n) is 6.87. The van der Waals surface area contributed by atoms with Gasteiger partial charge in [-0.15, -0.1) is 0 Å². The van der Waals surface area contributed by atoms with Crippen LogP contribution in [0.15, 0.2) is 58.3 Å². The van der Waals surface area contributed by atoms with Crippen LogP contribution in [0.4, 0.5) is 0 Å². The van der Waals surface area contributed by atoms with E-state index >= 15 is 0 Å². The van der Waals surface area contributed by atoms with Gasteiger partial charge in [0, 0.05) is 19.1 Å². The quantitative estimate of drug-likeness (QED) is 0.853. The van der Waals surface area contributed by atoms with Gasteiger partial charge in [0.15, 0.2) is 0 Å². The smallest absolute Gasteiger partial charge is 0.354 e. The Bertz CT molecular complexity index is 1010. The fraction of sp³-hybridized carbons (Fsp3) is 0.300. The largest absolute Gasteiger partial charge is 0.477 e. The van der Waals surface area contributed by atoms with Gasteiger partial charge in [-0.25, -0.2) is 18.2 Å². The van der Waals surface area contributed by atoms with E-state index in [-0.39, 0.29) is 21.2 Å². The summed E-state index contributed by atoms with van der Waals surface area (Å²) in [7, 11) is -3.79. The van der Waals surface area contributed by atoms with E-state index < -0.39 is 15.8 Å². The van der Waals surface area contributed by atoms with Crippen molar-refractivity contribution in [3.8, 4) is 0 Å². The minimum absolute atomic E-state index is 0.0600. The van der Waals surface area contributed by atoms with Crippen LogP contribution in [0.1, 0.15) is 35.4 Å². The molecular formula is C20H20N2O4S. The Morgan fingerprint density at radius 2 is 1.85 bits per heavy atom. The first-order chi connectivity index (χ1) is 13.0. The molecule has 0 bridgehead atoms. The molecule has 1 fully saturated rings. The van der Waals surface area contributed by atoms with Gasteiger partial charge in [-0.3, -0.25) is 4.90 Å².